The van der Waals surface area contributed by atoms with Crippen molar-refractivity contribution in [3.05, 3.63) is 34.3 Å². The van der Waals surface area contributed by atoms with Crippen molar-refractivity contribution in [2.75, 3.05) is 50.0 Å². The molecule has 3 aromatic rings. The number of anilines is 4. The van der Waals surface area contributed by atoms with Crippen LogP contribution in [0, 0.1) is 12.8 Å². The monoisotopic (exact) mass is 557 g/mol. The number of methoxy groups -OCH3 is 3. The Labute approximate surface area is 229 Å². The van der Waals surface area contributed by atoms with Crippen molar-refractivity contribution in [2.24, 2.45) is 11.7 Å². The maximum atomic E-state index is 11.9. The number of hydrogen-bond donors (Lipinski definition) is 4. The Hall–Kier alpha value is -4.33. The lowest BCUT2D eigenvalue weighted by molar-refractivity contribution is -0.122. The zero-order chi connectivity index (χ0) is 28.1. The number of aryl methyl sites for hydroxylation is 1. The molecule has 0 spiro atoms. The van der Waals surface area contributed by atoms with E-state index in [9.17, 15) is 14.7 Å². The molecule has 1 aliphatic rings. The molecule has 4 rings (SSSR count). The number of carbonyl (C=O) groups excluding carboxylic acids is 1. The third-order valence-electron chi connectivity index (χ3n) is 6.27. The summed E-state index contributed by atoms with van der Waals surface area (Å²) >= 11 is 0.999. The lowest BCUT2D eigenvalue weighted by Crippen LogP contribution is -2.41. The predicted molar refractivity (Wildman–Crippen MR) is 147 cm³/mol. The topological polar surface area (TPSA) is 174 Å². The van der Waals surface area contributed by atoms with Gasteiger partial charge in [0.2, 0.25) is 17.6 Å². The van der Waals surface area contributed by atoms with E-state index in [-0.39, 0.29) is 22.7 Å². The number of rotatable bonds is 11. The lowest BCUT2D eigenvalue weighted by Gasteiger charge is -2.32. The first-order chi connectivity index (χ1) is 18.7. The number of hydrogen-bond acceptors (Lipinski definition) is 12. The minimum Gasteiger partial charge on any atom is -0.493 e. The molecule has 208 valence electrons. The number of nitrogens with one attached hydrogen (secondary N) is 2. The van der Waals surface area contributed by atoms with E-state index in [1.54, 1.807) is 34.3 Å². The Balaban J connectivity index is 1.64. The van der Waals surface area contributed by atoms with Gasteiger partial charge in [-0.25, -0.2) is 9.78 Å². The second-order valence-electron chi connectivity index (χ2n) is 8.87. The largest absolute Gasteiger partial charge is 0.493 e. The number of carbonyl (C=O) groups is 2. The van der Waals surface area contributed by atoms with E-state index in [0.29, 0.717) is 59.3 Å². The van der Waals surface area contributed by atoms with Gasteiger partial charge in [-0.15, -0.1) is 0 Å². The number of primary amides is 1. The molecule has 1 unspecified atom stereocenters. The molecule has 0 aliphatic carbocycles. The van der Waals surface area contributed by atoms with E-state index >= 15 is 0 Å². The van der Waals surface area contributed by atoms with Crippen LogP contribution in [0.5, 0.6) is 17.2 Å². The van der Waals surface area contributed by atoms with Crippen LogP contribution >= 0.6 is 11.3 Å². The summed E-state index contributed by atoms with van der Waals surface area (Å²) < 4.78 is 16.3. The highest BCUT2D eigenvalue weighted by Gasteiger charge is 2.26. The normalized spacial score (nSPS) is 15.0. The number of piperidine rings is 1. The molecular formula is C25H31N7O6S. The number of aromatic nitrogens is 3. The molecule has 5 N–H and O–H groups in total. The molecule has 1 aromatic carbocycles. The van der Waals surface area contributed by atoms with E-state index in [0.717, 1.165) is 29.7 Å². The van der Waals surface area contributed by atoms with Gasteiger partial charge in [-0.1, -0.05) is 11.3 Å². The van der Waals surface area contributed by atoms with E-state index in [2.05, 4.69) is 25.6 Å². The number of nitrogens with two attached hydrogens (primary N) is 1. The van der Waals surface area contributed by atoms with Gasteiger partial charge in [0.25, 0.3) is 0 Å². The molecule has 1 fully saturated rings. The second-order valence-corrected chi connectivity index (χ2v) is 9.87. The zero-order valence-corrected chi connectivity index (χ0v) is 22.9. The summed E-state index contributed by atoms with van der Waals surface area (Å²) in [6, 6.07) is 5.47. The molecule has 1 saturated heterocycles. The van der Waals surface area contributed by atoms with Gasteiger partial charge in [0, 0.05) is 25.7 Å². The van der Waals surface area contributed by atoms with Crippen LogP contribution in [-0.4, -0.2) is 66.4 Å². The number of benzene rings is 1. The molecule has 39 heavy (non-hydrogen) atoms. The molecule has 0 bridgehead atoms. The fraction of sp³-hybridized carbons (Fsp3) is 0.400. The van der Waals surface area contributed by atoms with Crippen molar-refractivity contribution < 1.29 is 28.9 Å². The SMILES string of the molecule is COc1cc(CNc2cc(N3CCCC(C(N)=O)C3)nc(Nc3nc(C)c(C(=O)O)s3)n2)cc(OC)c1OC. The Morgan fingerprint density at radius 2 is 1.85 bits per heavy atom. The number of thiazole rings is 1. The smallest absolute Gasteiger partial charge is 0.347 e. The highest BCUT2D eigenvalue weighted by atomic mass is 32.1. The van der Waals surface area contributed by atoms with Crippen LogP contribution in [0.15, 0.2) is 18.2 Å². The summed E-state index contributed by atoms with van der Waals surface area (Å²) in [5.74, 6) is 1.21. The number of amides is 1. The van der Waals surface area contributed by atoms with Gasteiger partial charge < -0.3 is 35.3 Å². The number of ether oxygens (including phenoxy) is 3. The van der Waals surface area contributed by atoms with Gasteiger partial charge in [-0.05, 0) is 37.5 Å². The first kappa shape index (κ1) is 27.7. The van der Waals surface area contributed by atoms with E-state index in [1.807, 2.05) is 17.0 Å². The fourth-order valence-electron chi connectivity index (χ4n) is 4.33. The molecular weight excluding hydrogens is 526 g/mol. The fourth-order valence-corrected chi connectivity index (χ4v) is 5.13. The van der Waals surface area contributed by atoms with E-state index in [1.165, 1.54) is 0 Å². The van der Waals surface area contributed by atoms with Gasteiger partial charge in [0.1, 0.15) is 16.5 Å². The zero-order valence-electron chi connectivity index (χ0n) is 22.1. The first-order valence-electron chi connectivity index (χ1n) is 12.2. The molecule has 2 aromatic heterocycles. The number of carboxylic acid groups (broad SMARTS) is 1. The molecule has 1 amide bonds. The van der Waals surface area contributed by atoms with Crippen LogP contribution in [0.25, 0.3) is 0 Å². The molecule has 1 aliphatic heterocycles. The van der Waals surface area contributed by atoms with Crippen LogP contribution in [0.3, 0.4) is 0 Å². The van der Waals surface area contributed by atoms with E-state index in [4.69, 9.17) is 19.9 Å². The van der Waals surface area contributed by atoms with Crippen molar-refractivity contribution in [3.8, 4) is 17.2 Å². The van der Waals surface area contributed by atoms with Crippen molar-refractivity contribution >= 4 is 45.9 Å². The molecule has 1 atom stereocenters. The maximum Gasteiger partial charge on any atom is 0.347 e. The Morgan fingerprint density at radius 1 is 1.13 bits per heavy atom. The van der Waals surface area contributed by atoms with Gasteiger partial charge in [0.15, 0.2) is 16.6 Å². The quantitative estimate of drug-likeness (QED) is 0.272. The molecule has 13 nitrogen and oxygen atoms in total. The highest BCUT2D eigenvalue weighted by Crippen LogP contribution is 2.38. The molecule has 3 heterocycles. The van der Waals surface area contributed by atoms with Crippen LogP contribution in [0.4, 0.5) is 22.7 Å². The van der Waals surface area contributed by atoms with Crippen LogP contribution in [0.1, 0.15) is 33.8 Å². The Morgan fingerprint density at radius 3 is 2.44 bits per heavy atom. The maximum absolute atomic E-state index is 11.9. The van der Waals surface area contributed by atoms with Crippen molar-refractivity contribution in [3.63, 3.8) is 0 Å². The minimum absolute atomic E-state index is 0.134. The second kappa shape index (κ2) is 12.0. The van der Waals surface area contributed by atoms with E-state index < -0.39 is 5.97 Å². The van der Waals surface area contributed by atoms with Crippen molar-refractivity contribution in [2.45, 2.75) is 26.3 Å². The molecule has 0 saturated carbocycles. The number of nitrogens with zero attached hydrogens (tertiary/aromatic N) is 4. The van der Waals surface area contributed by atoms with Crippen LogP contribution in [-0.2, 0) is 11.3 Å². The summed E-state index contributed by atoms with van der Waals surface area (Å²) in [5, 5.41) is 16.1. The van der Waals surface area contributed by atoms with Gasteiger partial charge >= 0.3 is 5.97 Å². The van der Waals surface area contributed by atoms with Gasteiger partial charge in [0.05, 0.1) is 32.9 Å². The summed E-state index contributed by atoms with van der Waals surface area (Å²) in [4.78, 5) is 39.0. The van der Waals surface area contributed by atoms with Crippen molar-refractivity contribution in [1.82, 2.24) is 15.0 Å². The third-order valence-corrected chi connectivity index (χ3v) is 7.33. The average Bonchev–Trinajstić information content (AvgIpc) is 3.30. The van der Waals surface area contributed by atoms with Crippen LogP contribution < -0.4 is 35.5 Å². The number of aromatic carboxylic acids is 1. The van der Waals surface area contributed by atoms with Gasteiger partial charge in [-0.3, -0.25) is 10.1 Å². The predicted octanol–water partition coefficient (Wildman–Crippen LogP) is 3.02. The highest BCUT2D eigenvalue weighted by molar-refractivity contribution is 7.17. The minimum atomic E-state index is -1.05. The standard InChI is InChI=1S/C25H31N7O6S/c1-13-21(23(34)35)39-25(28-13)31-24-29-18(10-19(30-24)32-7-5-6-15(12-32)22(26)33)27-11-14-8-16(36-2)20(38-4)17(9-14)37-3/h8-10,15H,5-7,11-12H2,1-4H3,(H2,26,33)(H,34,35)(H2,27,28,29,30,31). The summed E-state index contributed by atoms with van der Waals surface area (Å²) in [5.41, 5.74) is 6.83. The third kappa shape index (κ3) is 6.39. The summed E-state index contributed by atoms with van der Waals surface area (Å²) in [7, 11) is 4.65. The molecule has 14 heteroatoms. The summed E-state index contributed by atoms with van der Waals surface area (Å²) in [6.07, 6.45) is 1.52. The van der Waals surface area contributed by atoms with Crippen LogP contribution in [0.2, 0.25) is 0 Å². The number of carboxylic acids is 1. The Bertz CT molecular complexity index is 1340. The Kier molecular flexibility index (Phi) is 8.54. The lowest BCUT2D eigenvalue weighted by atomic mass is 9.97. The van der Waals surface area contributed by atoms with Crippen molar-refractivity contribution in [1.29, 1.82) is 0 Å². The summed E-state index contributed by atoms with van der Waals surface area (Å²) in [6.45, 7) is 3.14. The first-order valence-corrected chi connectivity index (χ1v) is 13.0. The van der Waals surface area contributed by atoms with Gasteiger partial charge in [-0.2, -0.15) is 9.97 Å². The average molecular weight is 558 g/mol. The molecule has 0 radical (unpaired) electrons.